The van der Waals surface area contributed by atoms with E-state index in [4.69, 9.17) is 13.4 Å². The Morgan fingerprint density at radius 2 is 2.19 bits per heavy atom. The van der Waals surface area contributed by atoms with Gasteiger partial charge in [-0.15, -0.1) is 0 Å². The Morgan fingerprint density at radius 1 is 1.29 bits per heavy atom. The summed E-state index contributed by atoms with van der Waals surface area (Å²) in [5.41, 5.74) is 0. The van der Waals surface area contributed by atoms with Crippen molar-refractivity contribution in [2.24, 2.45) is 0 Å². The van der Waals surface area contributed by atoms with Crippen molar-refractivity contribution in [3.05, 3.63) is 54.3 Å². The second-order valence-corrected chi connectivity index (χ2v) is 4.28. The molecule has 0 fully saturated rings. The molecule has 0 saturated heterocycles. The number of amides is 1. The van der Waals surface area contributed by atoms with E-state index in [0.29, 0.717) is 17.3 Å². The maximum atomic E-state index is 11.6. The summed E-state index contributed by atoms with van der Waals surface area (Å²) in [7, 11) is 0. The standard InChI is InChI=1S/C14H12N2O5/c17-9(8-15-14(18)13-5-6-16-21-13)10-3-4-12(20-10)11-2-1-7-19-11/h1-7,9,17H,8H2,(H,15,18). The van der Waals surface area contributed by atoms with Crippen LogP contribution >= 0.6 is 0 Å². The van der Waals surface area contributed by atoms with Gasteiger partial charge in [0.05, 0.1) is 19.0 Å². The van der Waals surface area contributed by atoms with Gasteiger partial charge >= 0.3 is 0 Å². The van der Waals surface area contributed by atoms with Crippen molar-refractivity contribution in [1.82, 2.24) is 10.5 Å². The minimum Gasteiger partial charge on any atom is -0.461 e. The van der Waals surface area contributed by atoms with Gasteiger partial charge in [-0.1, -0.05) is 5.16 Å². The zero-order valence-electron chi connectivity index (χ0n) is 10.9. The van der Waals surface area contributed by atoms with E-state index in [1.165, 1.54) is 18.5 Å². The van der Waals surface area contributed by atoms with Gasteiger partial charge in [0.1, 0.15) is 11.9 Å². The van der Waals surface area contributed by atoms with Gasteiger partial charge in [0.2, 0.25) is 5.76 Å². The van der Waals surface area contributed by atoms with Crippen LogP contribution in [0.3, 0.4) is 0 Å². The molecule has 0 bridgehead atoms. The first-order chi connectivity index (χ1) is 10.2. The lowest BCUT2D eigenvalue weighted by atomic mass is 10.2. The van der Waals surface area contributed by atoms with Crippen molar-refractivity contribution in [1.29, 1.82) is 0 Å². The molecule has 1 unspecified atom stereocenters. The van der Waals surface area contributed by atoms with Crippen LogP contribution in [0, 0.1) is 0 Å². The van der Waals surface area contributed by atoms with Gasteiger partial charge < -0.3 is 23.8 Å². The monoisotopic (exact) mass is 288 g/mol. The van der Waals surface area contributed by atoms with Gasteiger partial charge in [-0.2, -0.15) is 0 Å². The predicted octanol–water partition coefficient (Wildman–Crippen LogP) is 1.99. The van der Waals surface area contributed by atoms with Crippen molar-refractivity contribution in [3.8, 4) is 11.5 Å². The number of carbonyl (C=O) groups excluding carboxylic acids is 1. The number of rotatable bonds is 5. The number of nitrogens with zero attached hydrogens (tertiary/aromatic N) is 1. The third kappa shape index (κ3) is 2.87. The van der Waals surface area contributed by atoms with E-state index in [2.05, 4.69) is 10.5 Å². The molecule has 3 aromatic heterocycles. The summed E-state index contributed by atoms with van der Waals surface area (Å²) in [6.07, 6.45) is 1.93. The maximum absolute atomic E-state index is 11.6. The summed E-state index contributed by atoms with van der Waals surface area (Å²) in [5.74, 6) is 1.04. The molecule has 3 aromatic rings. The second kappa shape index (κ2) is 5.68. The highest BCUT2D eigenvalue weighted by molar-refractivity contribution is 5.91. The lowest BCUT2D eigenvalue weighted by molar-refractivity contribution is 0.0866. The first-order valence-corrected chi connectivity index (χ1v) is 6.24. The van der Waals surface area contributed by atoms with Crippen LogP contribution in [0.2, 0.25) is 0 Å². The number of hydrogen-bond acceptors (Lipinski definition) is 6. The van der Waals surface area contributed by atoms with Crippen molar-refractivity contribution in [3.63, 3.8) is 0 Å². The summed E-state index contributed by atoms with van der Waals surface area (Å²) < 4.78 is 15.4. The van der Waals surface area contributed by atoms with Gasteiger partial charge in [0.25, 0.3) is 5.91 Å². The average Bonchev–Trinajstić information content (AvgIpc) is 3.25. The number of furan rings is 2. The summed E-state index contributed by atoms with van der Waals surface area (Å²) in [6, 6.07) is 8.24. The molecular formula is C14H12N2O5. The Morgan fingerprint density at radius 3 is 2.90 bits per heavy atom. The second-order valence-electron chi connectivity index (χ2n) is 4.28. The SMILES string of the molecule is O=C(NCC(O)c1ccc(-c2ccco2)o1)c1ccno1. The number of carbonyl (C=O) groups is 1. The molecule has 3 rings (SSSR count). The highest BCUT2D eigenvalue weighted by Gasteiger charge is 2.17. The zero-order valence-corrected chi connectivity index (χ0v) is 10.9. The molecule has 108 valence electrons. The normalized spacial score (nSPS) is 12.2. The number of aromatic nitrogens is 1. The summed E-state index contributed by atoms with van der Waals surface area (Å²) in [4.78, 5) is 11.6. The summed E-state index contributed by atoms with van der Waals surface area (Å²) >= 11 is 0. The Hall–Kier alpha value is -2.80. The molecule has 0 spiro atoms. The molecule has 0 aliphatic carbocycles. The fraction of sp³-hybridized carbons (Fsp3) is 0.143. The van der Waals surface area contributed by atoms with E-state index in [1.54, 1.807) is 24.3 Å². The first kappa shape index (κ1) is 13.2. The van der Waals surface area contributed by atoms with Crippen molar-refractivity contribution >= 4 is 5.91 Å². The zero-order chi connectivity index (χ0) is 14.7. The molecule has 0 aliphatic heterocycles. The van der Waals surface area contributed by atoms with E-state index >= 15 is 0 Å². The molecule has 1 amide bonds. The van der Waals surface area contributed by atoms with E-state index < -0.39 is 12.0 Å². The van der Waals surface area contributed by atoms with Crippen molar-refractivity contribution in [2.45, 2.75) is 6.10 Å². The average molecular weight is 288 g/mol. The number of aliphatic hydroxyl groups excluding tert-OH is 1. The Balaban J connectivity index is 1.61. The van der Waals surface area contributed by atoms with Gasteiger partial charge in [-0.3, -0.25) is 4.79 Å². The van der Waals surface area contributed by atoms with Crippen molar-refractivity contribution in [2.75, 3.05) is 6.54 Å². The van der Waals surface area contributed by atoms with Crippen LogP contribution in [0.4, 0.5) is 0 Å². The third-order valence-corrected chi connectivity index (χ3v) is 2.84. The Labute approximate surface area is 119 Å². The third-order valence-electron chi connectivity index (χ3n) is 2.84. The molecular weight excluding hydrogens is 276 g/mol. The molecule has 0 saturated carbocycles. The van der Waals surface area contributed by atoms with Gasteiger partial charge in [-0.05, 0) is 24.3 Å². The Bertz CT molecular complexity index is 700. The first-order valence-electron chi connectivity index (χ1n) is 6.24. The van der Waals surface area contributed by atoms with Crippen LogP contribution in [0.15, 0.2) is 56.1 Å². The van der Waals surface area contributed by atoms with E-state index in [9.17, 15) is 9.90 Å². The quantitative estimate of drug-likeness (QED) is 0.744. The van der Waals surface area contributed by atoms with E-state index in [1.807, 2.05) is 0 Å². The minimum absolute atomic E-state index is 0.00928. The highest BCUT2D eigenvalue weighted by atomic mass is 16.5. The number of nitrogens with one attached hydrogen (secondary N) is 1. The maximum Gasteiger partial charge on any atom is 0.289 e. The topological polar surface area (TPSA) is 102 Å². The summed E-state index contributed by atoms with van der Waals surface area (Å²) in [6.45, 7) is -0.00928. The molecule has 0 radical (unpaired) electrons. The smallest absolute Gasteiger partial charge is 0.289 e. The van der Waals surface area contributed by atoms with Crippen LogP contribution in [-0.4, -0.2) is 22.7 Å². The van der Waals surface area contributed by atoms with Crippen LogP contribution in [-0.2, 0) is 0 Å². The molecule has 0 aliphatic rings. The fourth-order valence-electron chi connectivity index (χ4n) is 1.79. The van der Waals surface area contributed by atoms with Crippen LogP contribution < -0.4 is 5.32 Å². The molecule has 7 nitrogen and oxygen atoms in total. The fourth-order valence-corrected chi connectivity index (χ4v) is 1.79. The van der Waals surface area contributed by atoms with Crippen LogP contribution in [0.1, 0.15) is 22.4 Å². The predicted molar refractivity (Wildman–Crippen MR) is 70.2 cm³/mol. The van der Waals surface area contributed by atoms with Crippen LogP contribution in [0.25, 0.3) is 11.5 Å². The van der Waals surface area contributed by atoms with Crippen molar-refractivity contribution < 1.29 is 23.3 Å². The lowest BCUT2D eigenvalue weighted by Crippen LogP contribution is -2.27. The minimum atomic E-state index is -0.972. The molecule has 7 heteroatoms. The molecule has 21 heavy (non-hydrogen) atoms. The van der Waals surface area contributed by atoms with Crippen LogP contribution in [0.5, 0.6) is 0 Å². The van der Waals surface area contributed by atoms with E-state index in [0.717, 1.165) is 0 Å². The van der Waals surface area contributed by atoms with Gasteiger partial charge in [0, 0.05) is 6.07 Å². The molecule has 2 N–H and O–H groups in total. The number of aliphatic hydroxyl groups is 1. The lowest BCUT2D eigenvalue weighted by Gasteiger charge is -2.08. The molecule has 1 atom stereocenters. The summed E-state index contributed by atoms with van der Waals surface area (Å²) in [5, 5.41) is 15.9. The Kier molecular flexibility index (Phi) is 3.57. The molecule has 0 aromatic carbocycles. The largest absolute Gasteiger partial charge is 0.461 e. The highest BCUT2D eigenvalue weighted by Crippen LogP contribution is 2.25. The van der Waals surface area contributed by atoms with Gasteiger partial charge in [0.15, 0.2) is 11.5 Å². The number of hydrogen-bond donors (Lipinski definition) is 2. The van der Waals surface area contributed by atoms with E-state index in [-0.39, 0.29) is 12.3 Å². The van der Waals surface area contributed by atoms with Gasteiger partial charge in [-0.25, -0.2) is 0 Å². The molecule has 3 heterocycles.